The molecule has 2 unspecified atom stereocenters. The molecule has 0 aromatic rings. The summed E-state index contributed by atoms with van der Waals surface area (Å²) in [5, 5.41) is 16.8. The van der Waals surface area contributed by atoms with Crippen LogP contribution in [0.15, 0.2) is 0 Å². The maximum absolute atomic E-state index is 11.5. The number of carbonyl (C=O) groups is 1. The smallest absolute Gasteiger partial charge is 0.267 e. The van der Waals surface area contributed by atoms with Gasteiger partial charge in [0, 0.05) is 0 Å². The third kappa shape index (κ3) is 2.36. The highest BCUT2D eigenvalue weighted by Gasteiger charge is 2.28. The fraction of sp³-hybridized carbons (Fsp3) is 0.800. The molecule has 0 aliphatic carbocycles. The molecule has 0 rings (SSSR count). The van der Waals surface area contributed by atoms with Crippen LogP contribution in [0.25, 0.3) is 0 Å². The lowest BCUT2D eigenvalue weighted by molar-refractivity contribution is -0.138. The Bertz CT molecular complexity index is 126. The van der Waals surface area contributed by atoms with E-state index in [1.165, 1.54) is 0 Å². The molecule has 0 bridgehead atoms. The molecule has 0 radical (unpaired) electrons. The molecule has 0 aliphatic heterocycles. The standard InChI is InChI=1S/C5H8F2O3/c1-2(8)3(9)4(10)5(6)7/h3-5,9-10H,1H3. The Balaban J connectivity index is 3.94. The summed E-state index contributed by atoms with van der Waals surface area (Å²) in [6, 6.07) is 0. The summed E-state index contributed by atoms with van der Waals surface area (Å²) in [6.45, 7) is 0.927. The Morgan fingerprint density at radius 1 is 1.40 bits per heavy atom. The number of aliphatic hydroxyl groups is 2. The molecular weight excluding hydrogens is 146 g/mol. The number of ketones is 1. The largest absolute Gasteiger partial charge is 0.384 e. The lowest BCUT2D eigenvalue weighted by Crippen LogP contribution is -2.37. The van der Waals surface area contributed by atoms with Crippen molar-refractivity contribution in [3.63, 3.8) is 0 Å². The Labute approximate surface area is 56.3 Å². The average molecular weight is 154 g/mol. The second kappa shape index (κ2) is 3.58. The number of carbonyl (C=O) groups excluding carboxylic acids is 1. The Morgan fingerprint density at radius 3 is 1.90 bits per heavy atom. The zero-order chi connectivity index (χ0) is 8.31. The van der Waals surface area contributed by atoms with Gasteiger partial charge < -0.3 is 10.2 Å². The van der Waals surface area contributed by atoms with Crippen LogP contribution in [0, 0.1) is 0 Å². The fourth-order valence-electron chi connectivity index (χ4n) is 0.378. The first-order valence-electron chi connectivity index (χ1n) is 2.61. The van der Waals surface area contributed by atoms with Crippen LogP contribution in [0.2, 0.25) is 0 Å². The van der Waals surface area contributed by atoms with E-state index < -0.39 is 24.4 Å². The second-order valence-corrected chi connectivity index (χ2v) is 1.88. The van der Waals surface area contributed by atoms with Crippen molar-refractivity contribution in [3.8, 4) is 0 Å². The molecule has 60 valence electrons. The maximum atomic E-state index is 11.5. The minimum atomic E-state index is -3.08. The summed E-state index contributed by atoms with van der Waals surface area (Å²) in [5.74, 6) is -0.868. The van der Waals surface area contributed by atoms with E-state index in [-0.39, 0.29) is 0 Å². The molecule has 2 N–H and O–H groups in total. The monoisotopic (exact) mass is 154 g/mol. The summed E-state index contributed by atoms with van der Waals surface area (Å²) in [7, 11) is 0. The van der Waals surface area contributed by atoms with Crippen molar-refractivity contribution in [2.45, 2.75) is 25.6 Å². The Kier molecular flexibility index (Phi) is 3.38. The first-order chi connectivity index (χ1) is 4.46. The maximum Gasteiger partial charge on any atom is 0.267 e. The van der Waals surface area contributed by atoms with Crippen LogP contribution in [-0.2, 0) is 4.79 Å². The van der Waals surface area contributed by atoms with Crippen LogP contribution < -0.4 is 0 Å². The molecule has 0 saturated carbocycles. The topological polar surface area (TPSA) is 57.5 Å². The van der Waals surface area contributed by atoms with Crippen LogP contribution >= 0.6 is 0 Å². The van der Waals surface area contributed by atoms with Gasteiger partial charge in [0.15, 0.2) is 5.78 Å². The predicted molar refractivity (Wildman–Crippen MR) is 28.7 cm³/mol. The zero-order valence-electron chi connectivity index (χ0n) is 5.29. The van der Waals surface area contributed by atoms with E-state index >= 15 is 0 Å². The molecule has 3 nitrogen and oxygen atoms in total. The van der Waals surface area contributed by atoms with Crippen LogP contribution in [-0.4, -0.2) is 34.6 Å². The van der Waals surface area contributed by atoms with Gasteiger partial charge in [0.1, 0.15) is 12.2 Å². The van der Waals surface area contributed by atoms with Crippen LogP contribution in [0.5, 0.6) is 0 Å². The number of hydrogen-bond donors (Lipinski definition) is 2. The van der Waals surface area contributed by atoms with Gasteiger partial charge in [-0.1, -0.05) is 0 Å². The molecule has 2 atom stereocenters. The third-order valence-corrected chi connectivity index (χ3v) is 0.998. The fourth-order valence-corrected chi connectivity index (χ4v) is 0.378. The number of rotatable bonds is 3. The molecule has 0 aromatic carbocycles. The Hall–Kier alpha value is -0.550. The summed E-state index contributed by atoms with van der Waals surface area (Å²) in [4.78, 5) is 10.1. The highest BCUT2D eigenvalue weighted by Crippen LogP contribution is 2.05. The van der Waals surface area contributed by atoms with Crippen LogP contribution in [0.3, 0.4) is 0 Å². The minimum absolute atomic E-state index is 0.868. The molecule has 0 amide bonds. The van der Waals surface area contributed by atoms with E-state index in [1.54, 1.807) is 0 Å². The highest BCUT2D eigenvalue weighted by atomic mass is 19.3. The Morgan fingerprint density at radius 2 is 1.80 bits per heavy atom. The van der Waals surface area contributed by atoms with Gasteiger partial charge in [0.05, 0.1) is 0 Å². The highest BCUT2D eigenvalue weighted by molar-refractivity contribution is 5.80. The first kappa shape index (κ1) is 9.45. The van der Waals surface area contributed by atoms with Gasteiger partial charge in [0.25, 0.3) is 6.43 Å². The van der Waals surface area contributed by atoms with E-state index in [9.17, 15) is 13.6 Å². The number of alkyl halides is 2. The SMILES string of the molecule is CC(=O)C(O)C(O)C(F)F. The van der Waals surface area contributed by atoms with E-state index in [0.29, 0.717) is 0 Å². The summed E-state index contributed by atoms with van der Waals surface area (Å²) in [5.41, 5.74) is 0. The van der Waals surface area contributed by atoms with Crippen LogP contribution in [0.1, 0.15) is 6.92 Å². The second-order valence-electron chi connectivity index (χ2n) is 1.88. The molecule has 10 heavy (non-hydrogen) atoms. The number of hydrogen-bond acceptors (Lipinski definition) is 3. The summed E-state index contributed by atoms with van der Waals surface area (Å²) in [6.07, 6.45) is -7.32. The van der Waals surface area contributed by atoms with E-state index in [4.69, 9.17) is 10.2 Å². The molecule has 5 heteroatoms. The van der Waals surface area contributed by atoms with Gasteiger partial charge in [-0.15, -0.1) is 0 Å². The molecule has 0 saturated heterocycles. The summed E-state index contributed by atoms with van der Waals surface area (Å²) < 4.78 is 23.0. The van der Waals surface area contributed by atoms with E-state index in [1.807, 2.05) is 0 Å². The van der Waals surface area contributed by atoms with Gasteiger partial charge in [-0.3, -0.25) is 4.79 Å². The number of halogens is 2. The van der Waals surface area contributed by atoms with Gasteiger partial charge in [-0.25, -0.2) is 8.78 Å². The van der Waals surface area contributed by atoms with Gasteiger partial charge >= 0.3 is 0 Å². The zero-order valence-corrected chi connectivity index (χ0v) is 5.29. The predicted octanol–water partition coefficient (Wildman–Crippen LogP) is -0.438. The number of Topliss-reactive ketones (excluding diaryl/α,β-unsaturated/α-hetero) is 1. The first-order valence-corrected chi connectivity index (χ1v) is 2.61. The van der Waals surface area contributed by atoms with E-state index in [2.05, 4.69) is 0 Å². The number of aliphatic hydroxyl groups excluding tert-OH is 2. The van der Waals surface area contributed by atoms with Crippen molar-refractivity contribution in [1.82, 2.24) is 0 Å². The molecule has 0 aliphatic rings. The minimum Gasteiger partial charge on any atom is -0.384 e. The van der Waals surface area contributed by atoms with Crippen molar-refractivity contribution >= 4 is 5.78 Å². The lowest BCUT2D eigenvalue weighted by atomic mass is 10.1. The van der Waals surface area contributed by atoms with Crippen molar-refractivity contribution in [3.05, 3.63) is 0 Å². The molecule has 0 spiro atoms. The third-order valence-electron chi connectivity index (χ3n) is 0.998. The van der Waals surface area contributed by atoms with Gasteiger partial charge in [0.2, 0.25) is 0 Å². The lowest BCUT2D eigenvalue weighted by Gasteiger charge is -2.12. The van der Waals surface area contributed by atoms with Crippen LogP contribution in [0.4, 0.5) is 8.78 Å². The van der Waals surface area contributed by atoms with Crippen molar-refractivity contribution in [2.75, 3.05) is 0 Å². The quantitative estimate of drug-likeness (QED) is 0.579. The molecule has 0 fully saturated rings. The van der Waals surface area contributed by atoms with Crippen molar-refractivity contribution in [2.24, 2.45) is 0 Å². The molecule has 0 aromatic heterocycles. The van der Waals surface area contributed by atoms with E-state index in [0.717, 1.165) is 6.92 Å². The molecular formula is C5H8F2O3. The van der Waals surface area contributed by atoms with Crippen molar-refractivity contribution in [1.29, 1.82) is 0 Å². The average Bonchev–Trinajstić information content (AvgIpc) is 1.84. The normalized spacial score (nSPS) is 17.0. The molecule has 0 heterocycles. The van der Waals surface area contributed by atoms with Gasteiger partial charge in [-0.05, 0) is 6.92 Å². The van der Waals surface area contributed by atoms with Gasteiger partial charge in [-0.2, -0.15) is 0 Å². The summed E-state index contributed by atoms with van der Waals surface area (Å²) >= 11 is 0. The van der Waals surface area contributed by atoms with Crippen molar-refractivity contribution < 1.29 is 23.8 Å².